The van der Waals surface area contributed by atoms with Gasteiger partial charge in [-0.2, -0.15) is 0 Å². The number of amides is 1. The molecule has 0 radical (unpaired) electrons. The van der Waals surface area contributed by atoms with Gasteiger partial charge in [-0.15, -0.1) is 0 Å². The van der Waals surface area contributed by atoms with Crippen molar-refractivity contribution < 1.29 is 23.4 Å². The van der Waals surface area contributed by atoms with Crippen molar-refractivity contribution in [2.24, 2.45) is 0 Å². The fraction of sp³-hybridized carbons (Fsp3) is 0.250. The maximum Gasteiger partial charge on any atom is 0.222 e. The highest BCUT2D eigenvalue weighted by atomic mass is 19.1. The summed E-state index contributed by atoms with van der Waals surface area (Å²) in [6.07, 6.45) is 5.54. The van der Waals surface area contributed by atoms with Crippen LogP contribution in [0.25, 0.3) is 5.57 Å². The first kappa shape index (κ1) is 29.4. The van der Waals surface area contributed by atoms with Crippen molar-refractivity contribution in [1.29, 1.82) is 0 Å². The number of aromatic nitrogens is 3. The Balaban J connectivity index is 1.51. The van der Waals surface area contributed by atoms with Gasteiger partial charge in [0.2, 0.25) is 5.91 Å². The minimum atomic E-state index is -0.670. The average molecular weight is 587 g/mol. The van der Waals surface area contributed by atoms with Crippen LogP contribution in [0.1, 0.15) is 49.7 Å². The number of aryl methyl sites for hydroxylation is 1. The minimum Gasteiger partial charge on any atom is -0.503 e. The van der Waals surface area contributed by atoms with E-state index in [1.54, 1.807) is 19.2 Å². The number of ether oxygens (including phenoxy) is 1. The number of nitrogens with one attached hydrogen (secondary N) is 2. The minimum absolute atomic E-state index is 0.00453. The zero-order valence-corrected chi connectivity index (χ0v) is 24.3. The van der Waals surface area contributed by atoms with Crippen LogP contribution in [-0.2, 0) is 11.3 Å². The van der Waals surface area contributed by atoms with E-state index in [9.17, 15) is 9.90 Å². The number of hydrogen-bond acceptors (Lipinski definition) is 8. The molecule has 9 nitrogen and oxygen atoms in total. The Morgan fingerprint density at radius 3 is 2.53 bits per heavy atom. The molecule has 4 aromatic rings. The van der Waals surface area contributed by atoms with Gasteiger partial charge in [0.05, 0.1) is 12.8 Å². The third-order valence-corrected chi connectivity index (χ3v) is 7.11. The van der Waals surface area contributed by atoms with Gasteiger partial charge in [0, 0.05) is 72.0 Å². The lowest BCUT2D eigenvalue weighted by Crippen LogP contribution is -2.37. The predicted octanol–water partition coefficient (Wildman–Crippen LogP) is 6.50. The summed E-state index contributed by atoms with van der Waals surface area (Å²) < 4.78 is 35.5. The first-order chi connectivity index (χ1) is 20.7. The summed E-state index contributed by atoms with van der Waals surface area (Å²) >= 11 is 0. The van der Waals surface area contributed by atoms with E-state index in [0.29, 0.717) is 30.4 Å². The lowest BCUT2D eigenvalue weighted by molar-refractivity contribution is -0.114. The first-order valence-corrected chi connectivity index (χ1v) is 13.9. The van der Waals surface area contributed by atoms with Gasteiger partial charge in [-0.25, -0.2) is 23.7 Å². The normalized spacial score (nSPS) is 14.1. The average Bonchev–Trinajstić information content (AvgIpc) is 2.97. The molecule has 1 aliphatic heterocycles. The molecule has 0 spiro atoms. The lowest BCUT2D eigenvalue weighted by Gasteiger charge is -2.37. The van der Waals surface area contributed by atoms with E-state index in [1.807, 2.05) is 49.1 Å². The largest absolute Gasteiger partial charge is 0.503 e. The van der Waals surface area contributed by atoms with Gasteiger partial charge in [0.15, 0.2) is 17.4 Å². The number of hydrogen-bond donors (Lipinski definition) is 3. The van der Waals surface area contributed by atoms with Crippen LogP contribution in [0, 0.1) is 18.6 Å². The highest BCUT2D eigenvalue weighted by Gasteiger charge is 2.29. The molecule has 43 heavy (non-hydrogen) atoms. The molecular formula is C32H32F2N6O3. The van der Waals surface area contributed by atoms with Crippen molar-refractivity contribution >= 4 is 34.5 Å². The third kappa shape index (κ3) is 6.25. The van der Waals surface area contributed by atoms with Crippen LogP contribution in [0.15, 0.2) is 60.9 Å². The van der Waals surface area contributed by atoms with E-state index in [4.69, 9.17) is 4.74 Å². The zero-order chi connectivity index (χ0) is 30.7. The number of anilines is 4. The first-order valence-electron chi connectivity index (χ1n) is 13.9. The van der Waals surface area contributed by atoms with Gasteiger partial charge in [-0.05, 0) is 31.9 Å². The molecule has 5 rings (SSSR count). The van der Waals surface area contributed by atoms with Crippen molar-refractivity contribution in [2.45, 2.75) is 46.7 Å². The Morgan fingerprint density at radius 1 is 1.09 bits per heavy atom. The highest BCUT2D eigenvalue weighted by molar-refractivity contribution is 5.89. The molecule has 0 aliphatic carbocycles. The maximum atomic E-state index is 15.1. The number of halogens is 2. The van der Waals surface area contributed by atoms with Crippen LogP contribution in [0.2, 0.25) is 0 Å². The second-order valence-electron chi connectivity index (χ2n) is 10.1. The number of rotatable bonds is 9. The van der Waals surface area contributed by atoms with Gasteiger partial charge in [-0.3, -0.25) is 4.79 Å². The van der Waals surface area contributed by atoms with Crippen LogP contribution < -0.4 is 20.3 Å². The van der Waals surface area contributed by atoms with Crippen LogP contribution in [0.4, 0.5) is 31.8 Å². The van der Waals surface area contributed by atoms with Crippen molar-refractivity contribution in [3.63, 3.8) is 0 Å². The highest BCUT2D eigenvalue weighted by Crippen LogP contribution is 2.40. The van der Waals surface area contributed by atoms with E-state index in [2.05, 4.69) is 25.6 Å². The Hall–Kier alpha value is -5.06. The standard InChI is InChI=1S/C32H32F2N6O3/c1-5-20-11-23(31-36-16-29(42)32(39-31)38-27-14-30(37-19(4)41)35-15-18(27)3)22-9-7-8-10-28(22)40(20)17-24-25(33)12-21(43-6-2)13-26(24)34/h7-16,20,42H,5-6,17H2,1-4H3,(H2,35,36,37,38,39,41). The van der Waals surface area contributed by atoms with Crippen molar-refractivity contribution in [3.8, 4) is 11.5 Å². The SMILES string of the molecule is CCOc1cc(F)c(CN2c3ccccc3C(c3ncc(O)c(Nc4cc(NC(C)=O)ncc4C)n3)=CC2CC)c(F)c1. The topological polar surface area (TPSA) is 112 Å². The molecule has 2 aromatic carbocycles. The number of carbonyl (C=O) groups is 1. The van der Waals surface area contributed by atoms with Gasteiger partial charge in [0.25, 0.3) is 0 Å². The summed E-state index contributed by atoms with van der Waals surface area (Å²) in [7, 11) is 0. The van der Waals surface area contributed by atoms with Crippen LogP contribution in [0.5, 0.6) is 11.5 Å². The summed E-state index contributed by atoms with van der Waals surface area (Å²) in [5.41, 5.74) is 3.59. The van der Waals surface area contributed by atoms with E-state index in [1.165, 1.54) is 25.3 Å². The molecule has 11 heteroatoms. The Kier molecular flexibility index (Phi) is 8.51. The second kappa shape index (κ2) is 12.4. The summed E-state index contributed by atoms with van der Waals surface area (Å²) in [4.78, 5) is 26.8. The fourth-order valence-electron chi connectivity index (χ4n) is 5.02. The summed E-state index contributed by atoms with van der Waals surface area (Å²) in [6, 6.07) is 11.4. The zero-order valence-electron chi connectivity index (χ0n) is 24.3. The van der Waals surface area contributed by atoms with Crippen molar-refractivity contribution in [3.05, 3.63) is 95.1 Å². The molecule has 3 N–H and O–H groups in total. The predicted molar refractivity (Wildman–Crippen MR) is 162 cm³/mol. The summed E-state index contributed by atoms with van der Waals surface area (Å²) in [5.74, 6) is -0.738. The van der Waals surface area contributed by atoms with Gasteiger partial charge < -0.3 is 25.4 Å². The number of para-hydroxylation sites is 1. The number of benzene rings is 2. The number of nitrogens with zero attached hydrogens (tertiary/aromatic N) is 4. The van der Waals surface area contributed by atoms with E-state index in [-0.39, 0.29) is 41.4 Å². The fourth-order valence-corrected chi connectivity index (χ4v) is 5.02. The molecule has 3 heterocycles. The van der Waals surface area contributed by atoms with Crippen molar-refractivity contribution in [1.82, 2.24) is 15.0 Å². The van der Waals surface area contributed by atoms with Crippen molar-refractivity contribution in [2.75, 3.05) is 22.1 Å². The lowest BCUT2D eigenvalue weighted by atomic mass is 9.92. The smallest absolute Gasteiger partial charge is 0.222 e. The Bertz CT molecular complexity index is 1690. The molecule has 0 fully saturated rings. The molecule has 0 saturated heterocycles. The number of fused-ring (bicyclic) bond motifs is 1. The van der Waals surface area contributed by atoms with E-state index >= 15 is 8.78 Å². The number of aromatic hydroxyl groups is 1. The summed E-state index contributed by atoms with van der Waals surface area (Å²) in [5, 5.41) is 16.4. The molecular weight excluding hydrogens is 554 g/mol. The molecule has 0 bridgehead atoms. The van der Waals surface area contributed by atoms with Gasteiger partial charge >= 0.3 is 0 Å². The Labute approximate surface area is 248 Å². The van der Waals surface area contributed by atoms with Crippen LogP contribution in [-0.4, -0.2) is 38.6 Å². The molecule has 1 aliphatic rings. The maximum absolute atomic E-state index is 15.1. The third-order valence-electron chi connectivity index (χ3n) is 7.11. The number of pyridine rings is 1. The Morgan fingerprint density at radius 2 is 1.84 bits per heavy atom. The molecule has 0 saturated carbocycles. The molecule has 1 atom stereocenters. The molecule has 2 aromatic heterocycles. The second-order valence-corrected chi connectivity index (χ2v) is 10.1. The molecule has 1 amide bonds. The summed E-state index contributed by atoms with van der Waals surface area (Å²) in [6.45, 7) is 7.29. The van der Waals surface area contributed by atoms with E-state index < -0.39 is 11.6 Å². The van der Waals surface area contributed by atoms with Crippen LogP contribution >= 0.6 is 0 Å². The van der Waals surface area contributed by atoms with Gasteiger partial charge in [0.1, 0.15) is 23.2 Å². The quantitative estimate of drug-likeness (QED) is 0.204. The molecule has 222 valence electrons. The number of carbonyl (C=O) groups excluding carboxylic acids is 1. The van der Waals surface area contributed by atoms with Gasteiger partial charge in [-0.1, -0.05) is 31.2 Å². The van der Waals surface area contributed by atoms with E-state index in [0.717, 1.165) is 22.4 Å². The monoisotopic (exact) mass is 586 g/mol. The van der Waals surface area contributed by atoms with Crippen LogP contribution in [0.3, 0.4) is 0 Å². The molecule has 1 unspecified atom stereocenters.